The third-order valence-electron chi connectivity index (χ3n) is 1.89. The Labute approximate surface area is 101 Å². The molecule has 0 fully saturated rings. The zero-order chi connectivity index (χ0) is 12.3. The first-order valence-corrected chi connectivity index (χ1v) is 5.30. The second-order valence-corrected chi connectivity index (χ2v) is 4.13. The number of rotatable bonds is 3. The number of carboxylic acids is 1. The largest absolute Gasteiger partial charge is 0.478 e. The number of aromatic carboxylic acids is 1. The summed E-state index contributed by atoms with van der Waals surface area (Å²) in [5.74, 6) is -1.35. The lowest BCUT2D eigenvalue weighted by Gasteiger charge is -2.09. The monoisotopic (exact) mass is 286 g/mol. The molecule has 16 heavy (non-hydrogen) atoms. The van der Waals surface area contributed by atoms with Gasteiger partial charge in [0.2, 0.25) is 5.91 Å². The minimum atomic E-state index is -1.02. The van der Waals surface area contributed by atoms with Crippen molar-refractivity contribution < 1.29 is 14.7 Å². The highest BCUT2D eigenvalue weighted by Crippen LogP contribution is 2.23. The highest BCUT2D eigenvalue weighted by atomic mass is 79.9. The molecule has 1 aromatic rings. The Balaban J connectivity index is 2.91. The molecule has 6 heteroatoms. The summed E-state index contributed by atoms with van der Waals surface area (Å²) in [6, 6.07) is 3.71. The van der Waals surface area contributed by atoms with Crippen molar-refractivity contribution in [2.24, 2.45) is 5.73 Å². The third kappa shape index (κ3) is 3.04. The van der Waals surface area contributed by atoms with Crippen LogP contribution >= 0.6 is 15.9 Å². The van der Waals surface area contributed by atoms with E-state index in [0.29, 0.717) is 10.2 Å². The van der Waals surface area contributed by atoms with Gasteiger partial charge in [0, 0.05) is 4.47 Å². The maximum Gasteiger partial charge on any atom is 0.335 e. The molecule has 1 amide bonds. The van der Waals surface area contributed by atoms with Gasteiger partial charge in [0.25, 0.3) is 0 Å². The Kier molecular flexibility index (Phi) is 4.03. The van der Waals surface area contributed by atoms with Crippen molar-refractivity contribution in [3.05, 3.63) is 28.2 Å². The first-order valence-electron chi connectivity index (χ1n) is 4.51. The van der Waals surface area contributed by atoms with Gasteiger partial charge in [-0.2, -0.15) is 0 Å². The molecule has 0 bridgehead atoms. The fourth-order valence-electron chi connectivity index (χ4n) is 0.996. The quantitative estimate of drug-likeness (QED) is 0.784. The van der Waals surface area contributed by atoms with E-state index in [1.165, 1.54) is 18.2 Å². The molecule has 0 saturated carbocycles. The van der Waals surface area contributed by atoms with Crippen molar-refractivity contribution in [1.29, 1.82) is 0 Å². The summed E-state index contributed by atoms with van der Waals surface area (Å²) < 4.78 is 0.501. The van der Waals surface area contributed by atoms with Crippen molar-refractivity contribution in [2.75, 3.05) is 5.32 Å². The average molecular weight is 287 g/mol. The van der Waals surface area contributed by atoms with E-state index in [1.807, 2.05) is 0 Å². The van der Waals surface area contributed by atoms with Gasteiger partial charge >= 0.3 is 5.97 Å². The minimum Gasteiger partial charge on any atom is -0.478 e. The molecule has 0 aromatic heterocycles. The van der Waals surface area contributed by atoms with Gasteiger partial charge in [-0.25, -0.2) is 4.79 Å². The van der Waals surface area contributed by atoms with E-state index in [1.54, 1.807) is 6.92 Å². The van der Waals surface area contributed by atoms with Crippen molar-refractivity contribution in [3.8, 4) is 0 Å². The number of carbonyl (C=O) groups is 2. The molecule has 0 aliphatic heterocycles. The summed E-state index contributed by atoms with van der Waals surface area (Å²) >= 11 is 3.17. The molecule has 0 unspecified atom stereocenters. The molecule has 0 spiro atoms. The van der Waals surface area contributed by atoms with Crippen molar-refractivity contribution >= 4 is 33.5 Å². The van der Waals surface area contributed by atoms with Gasteiger partial charge in [0.1, 0.15) is 0 Å². The molecule has 0 radical (unpaired) electrons. The first kappa shape index (κ1) is 12.7. The van der Waals surface area contributed by atoms with E-state index < -0.39 is 12.0 Å². The average Bonchev–Trinajstić information content (AvgIpc) is 2.20. The third-order valence-corrected chi connectivity index (χ3v) is 2.54. The molecule has 1 rings (SSSR count). The number of anilines is 1. The van der Waals surface area contributed by atoms with Crippen molar-refractivity contribution in [2.45, 2.75) is 13.0 Å². The summed E-state index contributed by atoms with van der Waals surface area (Å²) in [6.45, 7) is 1.56. The highest BCUT2D eigenvalue weighted by molar-refractivity contribution is 9.10. The summed E-state index contributed by atoms with van der Waals surface area (Å²) in [6.07, 6.45) is 0. The topological polar surface area (TPSA) is 92.4 Å². The van der Waals surface area contributed by atoms with Gasteiger partial charge in [0.15, 0.2) is 0 Å². The van der Waals surface area contributed by atoms with Gasteiger partial charge in [0.05, 0.1) is 17.3 Å². The number of amides is 1. The number of carboxylic acid groups (broad SMARTS) is 1. The van der Waals surface area contributed by atoms with E-state index >= 15 is 0 Å². The molecular formula is C10H11BrN2O3. The molecular weight excluding hydrogens is 276 g/mol. The maximum atomic E-state index is 11.3. The van der Waals surface area contributed by atoms with Crippen LogP contribution in [0, 0.1) is 0 Å². The van der Waals surface area contributed by atoms with Crippen LogP contribution in [0.2, 0.25) is 0 Å². The molecule has 0 aliphatic rings. The van der Waals surface area contributed by atoms with Gasteiger partial charge in [-0.3, -0.25) is 4.79 Å². The van der Waals surface area contributed by atoms with Crippen LogP contribution in [0.4, 0.5) is 5.69 Å². The van der Waals surface area contributed by atoms with Crippen LogP contribution in [0.1, 0.15) is 17.3 Å². The van der Waals surface area contributed by atoms with Crippen LogP contribution in [0.25, 0.3) is 0 Å². The predicted molar refractivity (Wildman–Crippen MR) is 63.4 cm³/mol. The minimum absolute atomic E-state index is 0.144. The molecule has 0 aliphatic carbocycles. The van der Waals surface area contributed by atoms with Crippen molar-refractivity contribution in [1.82, 2.24) is 0 Å². The number of halogens is 1. The number of carbonyl (C=O) groups excluding carboxylic acids is 1. The predicted octanol–water partition coefficient (Wildman–Crippen LogP) is 1.43. The van der Waals surface area contributed by atoms with E-state index in [4.69, 9.17) is 10.8 Å². The van der Waals surface area contributed by atoms with Crippen LogP contribution < -0.4 is 11.1 Å². The Bertz CT molecular complexity index is 432. The summed E-state index contributed by atoms with van der Waals surface area (Å²) in [7, 11) is 0. The van der Waals surface area contributed by atoms with Gasteiger partial charge < -0.3 is 16.2 Å². The Morgan fingerprint density at radius 3 is 2.56 bits per heavy atom. The van der Waals surface area contributed by atoms with Crippen LogP contribution in [-0.4, -0.2) is 23.0 Å². The zero-order valence-electron chi connectivity index (χ0n) is 8.53. The van der Waals surface area contributed by atoms with Gasteiger partial charge in [-0.15, -0.1) is 0 Å². The first-order chi connectivity index (χ1) is 7.41. The standard InChI is InChI=1S/C10H11BrN2O3/c1-5(12)9(14)13-8-3-2-6(10(15)16)4-7(8)11/h2-5H,12H2,1H3,(H,13,14)(H,15,16)/t5-/m1/s1. The fraction of sp³-hybridized carbons (Fsp3) is 0.200. The Morgan fingerprint density at radius 1 is 1.50 bits per heavy atom. The van der Waals surface area contributed by atoms with Crippen LogP contribution in [0.15, 0.2) is 22.7 Å². The Hall–Kier alpha value is -1.40. The molecule has 5 nitrogen and oxygen atoms in total. The van der Waals surface area contributed by atoms with E-state index in [9.17, 15) is 9.59 Å². The van der Waals surface area contributed by atoms with Gasteiger partial charge in [-0.1, -0.05) is 0 Å². The number of benzene rings is 1. The molecule has 86 valence electrons. The molecule has 0 heterocycles. The lowest BCUT2D eigenvalue weighted by molar-refractivity contribution is -0.117. The summed E-state index contributed by atoms with van der Waals surface area (Å²) in [4.78, 5) is 22.0. The number of nitrogens with one attached hydrogen (secondary N) is 1. The van der Waals surface area contributed by atoms with Crippen molar-refractivity contribution in [3.63, 3.8) is 0 Å². The number of hydrogen-bond donors (Lipinski definition) is 3. The Morgan fingerprint density at radius 2 is 2.12 bits per heavy atom. The molecule has 4 N–H and O–H groups in total. The second kappa shape index (κ2) is 5.09. The lowest BCUT2D eigenvalue weighted by Crippen LogP contribution is -2.32. The fourth-order valence-corrected chi connectivity index (χ4v) is 1.47. The smallest absolute Gasteiger partial charge is 0.335 e. The number of hydrogen-bond acceptors (Lipinski definition) is 3. The van der Waals surface area contributed by atoms with E-state index in [-0.39, 0.29) is 11.5 Å². The summed E-state index contributed by atoms with van der Waals surface area (Å²) in [5.41, 5.74) is 6.03. The SMILES string of the molecule is C[C@@H](N)C(=O)Nc1ccc(C(=O)O)cc1Br. The molecule has 0 saturated heterocycles. The zero-order valence-corrected chi connectivity index (χ0v) is 10.1. The van der Waals surface area contributed by atoms with E-state index in [0.717, 1.165) is 0 Å². The summed E-state index contributed by atoms with van der Waals surface area (Å²) in [5, 5.41) is 11.3. The molecule has 1 aromatic carbocycles. The highest BCUT2D eigenvalue weighted by Gasteiger charge is 2.11. The normalized spacial score (nSPS) is 11.9. The second-order valence-electron chi connectivity index (χ2n) is 3.28. The van der Waals surface area contributed by atoms with Crippen LogP contribution in [0.3, 0.4) is 0 Å². The van der Waals surface area contributed by atoms with Crippen LogP contribution in [0.5, 0.6) is 0 Å². The van der Waals surface area contributed by atoms with E-state index in [2.05, 4.69) is 21.2 Å². The lowest BCUT2D eigenvalue weighted by atomic mass is 10.2. The van der Waals surface area contributed by atoms with Gasteiger partial charge in [-0.05, 0) is 41.1 Å². The molecule has 1 atom stereocenters. The number of nitrogens with two attached hydrogens (primary N) is 1. The maximum absolute atomic E-state index is 11.3. The van der Waals surface area contributed by atoms with Crippen LogP contribution in [-0.2, 0) is 4.79 Å².